The minimum absolute atomic E-state index is 0.182. The molecule has 1 rings (SSSR count). The van der Waals surface area contributed by atoms with Gasteiger partial charge in [-0.15, -0.1) is 0 Å². The van der Waals surface area contributed by atoms with E-state index >= 15 is 0 Å². The molecule has 0 amide bonds. The number of nitrogens with zero attached hydrogens (tertiary/aromatic N) is 1. The molecule has 19 heavy (non-hydrogen) atoms. The summed E-state index contributed by atoms with van der Waals surface area (Å²) in [6, 6.07) is 3.62. The molecule has 0 fully saturated rings. The third-order valence-electron chi connectivity index (χ3n) is 4.21. The van der Waals surface area contributed by atoms with Gasteiger partial charge in [-0.1, -0.05) is 19.9 Å². The zero-order valence-electron chi connectivity index (χ0n) is 12.4. The van der Waals surface area contributed by atoms with Gasteiger partial charge in [-0.25, -0.2) is 8.78 Å². The van der Waals surface area contributed by atoms with Crippen LogP contribution in [0.3, 0.4) is 0 Å². The fourth-order valence-corrected chi connectivity index (χ4v) is 3.00. The highest BCUT2D eigenvalue weighted by molar-refractivity contribution is 5.26. The number of halogens is 2. The SMILES string of the molecule is CCC(CC)(C(NC)c1ccc(F)cc1F)N(C)C. The molecule has 1 N–H and O–H groups in total. The molecule has 1 aromatic carbocycles. The van der Waals surface area contributed by atoms with Gasteiger partial charge in [0.25, 0.3) is 0 Å². The molecule has 0 aromatic heterocycles. The fraction of sp³-hybridized carbons (Fsp3) is 0.600. The monoisotopic (exact) mass is 270 g/mol. The molecule has 4 heteroatoms. The van der Waals surface area contributed by atoms with Crippen LogP contribution in [0.1, 0.15) is 38.3 Å². The highest BCUT2D eigenvalue weighted by atomic mass is 19.1. The van der Waals surface area contributed by atoms with Crippen LogP contribution in [0, 0.1) is 11.6 Å². The van der Waals surface area contributed by atoms with Gasteiger partial charge in [0.15, 0.2) is 0 Å². The van der Waals surface area contributed by atoms with Crippen molar-refractivity contribution in [3.8, 4) is 0 Å². The highest BCUT2D eigenvalue weighted by Crippen LogP contribution is 2.36. The molecule has 0 bridgehead atoms. The molecule has 1 atom stereocenters. The lowest BCUT2D eigenvalue weighted by molar-refractivity contribution is 0.0901. The van der Waals surface area contributed by atoms with Gasteiger partial charge in [-0.05, 0) is 40.1 Å². The molecule has 0 aliphatic rings. The lowest BCUT2D eigenvalue weighted by Gasteiger charge is -2.45. The summed E-state index contributed by atoms with van der Waals surface area (Å²) >= 11 is 0. The van der Waals surface area contributed by atoms with E-state index in [1.165, 1.54) is 12.1 Å². The van der Waals surface area contributed by atoms with Crippen LogP contribution in [-0.4, -0.2) is 31.6 Å². The van der Waals surface area contributed by atoms with Gasteiger partial charge in [-0.3, -0.25) is 0 Å². The molecule has 108 valence electrons. The van der Waals surface area contributed by atoms with Crippen molar-refractivity contribution in [2.75, 3.05) is 21.1 Å². The summed E-state index contributed by atoms with van der Waals surface area (Å²) in [7, 11) is 5.81. The van der Waals surface area contributed by atoms with Crippen molar-refractivity contribution in [1.82, 2.24) is 10.2 Å². The maximum absolute atomic E-state index is 14.1. The number of benzene rings is 1. The number of nitrogens with one attached hydrogen (secondary N) is 1. The lowest BCUT2D eigenvalue weighted by atomic mass is 9.79. The van der Waals surface area contributed by atoms with Crippen molar-refractivity contribution in [3.63, 3.8) is 0 Å². The van der Waals surface area contributed by atoms with Gasteiger partial charge in [0.2, 0.25) is 0 Å². The van der Waals surface area contributed by atoms with E-state index in [1.54, 1.807) is 0 Å². The first-order valence-corrected chi connectivity index (χ1v) is 6.72. The van der Waals surface area contributed by atoms with Crippen LogP contribution < -0.4 is 5.32 Å². The van der Waals surface area contributed by atoms with Crippen molar-refractivity contribution >= 4 is 0 Å². The minimum Gasteiger partial charge on any atom is -0.311 e. The van der Waals surface area contributed by atoms with Crippen LogP contribution in [0.15, 0.2) is 18.2 Å². The average Bonchev–Trinajstić information content (AvgIpc) is 2.37. The molecule has 0 radical (unpaired) electrons. The number of rotatable bonds is 6. The van der Waals surface area contributed by atoms with Crippen LogP contribution in [0.5, 0.6) is 0 Å². The Morgan fingerprint density at radius 3 is 2.16 bits per heavy atom. The van der Waals surface area contributed by atoms with E-state index in [0.717, 1.165) is 18.9 Å². The third kappa shape index (κ3) is 2.95. The number of likely N-dealkylation sites (N-methyl/N-ethyl adjacent to an activating group) is 2. The zero-order chi connectivity index (χ0) is 14.6. The molecule has 0 saturated carbocycles. The Hall–Kier alpha value is -1.00. The Bertz CT molecular complexity index is 415. The largest absolute Gasteiger partial charge is 0.311 e. The van der Waals surface area contributed by atoms with Crippen molar-refractivity contribution in [3.05, 3.63) is 35.4 Å². The van der Waals surface area contributed by atoms with Crippen LogP contribution in [-0.2, 0) is 0 Å². The van der Waals surface area contributed by atoms with E-state index in [2.05, 4.69) is 24.1 Å². The molecular formula is C15H24F2N2. The second-order valence-electron chi connectivity index (χ2n) is 5.09. The van der Waals surface area contributed by atoms with E-state index in [1.807, 2.05) is 21.1 Å². The van der Waals surface area contributed by atoms with Crippen molar-refractivity contribution < 1.29 is 8.78 Å². The first-order chi connectivity index (χ1) is 8.92. The second-order valence-corrected chi connectivity index (χ2v) is 5.09. The quantitative estimate of drug-likeness (QED) is 0.853. The van der Waals surface area contributed by atoms with Crippen LogP contribution >= 0.6 is 0 Å². The molecule has 1 aromatic rings. The number of hydrogen-bond acceptors (Lipinski definition) is 2. The summed E-state index contributed by atoms with van der Waals surface area (Å²) in [5, 5.41) is 3.20. The first-order valence-electron chi connectivity index (χ1n) is 6.72. The van der Waals surface area contributed by atoms with E-state index in [0.29, 0.717) is 5.56 Å². The number of hydrogen-bond donors (Lipinski definition) is 1. The average molecular weight is 270 g/mol. The summed E-state index contributed by atoms with van der Waals surface area (Å²) in [6.07, 6.45) is 1.75. The molecule has 0 aliphatic heterocycles. The van der Waals surface area contributed by atoms with E-state index in [9.17, 15) is 8.78 Å². The van der Waals surface area contributed by atoms with Gasteiger partial charge in [-0.2, -0.15) is 0 Å². The standard InChI is InChI=1S/C15H24F2N2/c1-6-15(7-2,19(4)5)14(18-3)12-9-8-11(16)10-13(12)17/h8-10,14,18H,6-7H2,1-5H3. The van der Waals surface area contributed by atoms with E-state index < -0.39 is 11.6 Å². The van der Waals surface area contributed by atoms with Gasteiger partial charge in [0, 0.05) is 17.2 Å². The lowest BCUT2D eigenvalue weighted by Crippen LogP contribution is -2.52. The van der Waals surface area contributed by atoms with Gasteiger partial charge >= 0.3 is 0 Å². The Morgan fingerprint density at radius 2 is 1.79 bits per heavy atom. The second kappa shape index (κ2) is 6.44. The molecule has 1 unspecified atom stereocenters. The predicted molar refractivity (Wildman–Crippen MR) is 75.2 cm³/mol. The normalized spacial score (nSPS) is 13.9. The van der Waals surface area contributed by atoms with Crippen LogP contribution in [0.25, 0.3) is 0 Å². The van der Waals surface area contributed by atoms with Crippen LogP contribution in [0.2, 0.25) is 0 Å². The maximum atomic E-state index is 14.1. The minimum atomic E-state index is -0.542. The Balaban J connectivity index is 3.31. The fourth-order valence-electron chi connectivity index (χ4n) is 3.00. The molecule has 2 nitrogen and oxygen atoms in total. The smallest absolute Gasteiger partial charge is 0.130 e. The van der Waals surface area contributed by atoms with Crippen LogP contribution in [0.4, 0.5) is 8.78 Å². The first kappa shape index (κ1) is 16.1. The summed E-state index contributed by atoms with van der Waals surface area (Å²) in [5.41, 5.74) is 0.314. The summed E-state index contributed by atoms with van der Waals surface area (Å²) in [6.45, 7) is 4.19. The zero-order valence-corrected chi connectivity index (χ0v) is 12.4. The Kier molecular flexibility index (Phi) is 5.44. The molecule has 0 saturated heterocycles. The summed E-state index contributed by atoms with van der Waals surface area (Å²) in [4.78, 5) is 2.12. The Labute approximate surface area is 114 Å². The third-order valence-corrected chi connectivity index (χ3v) is 4.21. The Morgan fingerprint density at radius 1 is 1.21 bits per heavy atom. The van der Waals surface area contributed by atoms with Crippen molar-refractivity contribution in [1.29, 1.82) is 0 Å². The predicted octanol–water partition coefficient (Wildman–Crippen LogP) is 3.35. The molecule has 0 heterocycles. The van der Waals surface area contributed by atoms with E-state index in [-0.39, 0.29) is 11.6 Å². The topological polar surface area (TPSA) is 15.3 Å². The molecular weight excluding hydrogens is 246 g/mol. The van der Waals surface area contributed by atoms with Crippen molar-refractivity contribution in [2.45, 2.75) is 38.3 Å². The van der Waals surface area contributed by atoms with Crippen molar-refractivity contribution in [2.24, 2.45) is 0 Å². The maximum Gasteiger partial charge on any atom is 0.130 e. The summed E-state index contributed by atoms with van der Waals surface area (Å²) in [5.74, 6) is -1.04. The molecule has 0 aliphatic carbocycles. The van der Waals surface area contributed by atoms with Gasteiger partial charge in [0.05, 0.1) is 6.04 Å². The van der Waals surface area contributed by atoms with Gasteiger partial charge < -0.3 is 10.2 Å². The summed E-state index contributed by atoms with van der Waals surface area (Å²) < 4.78 is 27.1. The highest BCUT2D eigenvalue weighted by Gasteiger charge is 2.39. The van der Waals surface area contributed by atoms with E-state index in [4.69, 9.17) is 0 Å². The molecule has 0 spiro atoms. The van der Waals surface area contributed by atoms with Gasteiger partial charge in [0.1, 0.15) is 11.6 Å².